The number of pyridine rings is 1. The summed E-state index contributed by atoms with van der Waals surface area (Å²) >= 11 is 0. The van der Waals surface area contributed by atoms with Crippen molar-refractivity contribution >= 4 is 11.8 Å². The molecule has 1 aromatic carbocycles. The third kappa shape index (κ3) is 3.32. The summed E-state index contributed by atoms with van der Waals surface area (Å²) < 4.78 is 34.8. The van der Waals surface area contributed by atoms with Crippen molar-refractivity contribution in [2.75, 3.05) is 26.3 Å². The molecule has 2 aromatic rings. The van der Waals surface area contributed by atoms with E-state index in [4.69, 9.17) is 4.74 Å². The summed E-state index contributed by atoms with van der Waals surface area (Å²) in [5.41, 5.74) is -1.62. The van der Waals surface area contributed by atoms with Gasteiger partial charge in [-0.1, -0.05) is 0 Å². The molecule has 1 aromatic heterocycles. The zero-order chi connectivity index (χ0) is 21.6. The van der Waals surface area contributed by atoms with Gasteiger partial charge in [0.1, 0.15) is 17.2 Å². The predicted molar refractivity (Wildman–Crippen MR) is 100 cm³/mol. The van der Waals surface area contributed by atoms with Crippen LogP contribution in [0.25, 0.3) is 0 Å². The van der Waals surface area contributed by atoms with E-state index in [1.165, 1.54) is 22.6 Å². The van der Waals surface area contributed by atoms with Crippen LogP contribution in [0.1, 0.15) is 38.0 Å². The smallest absolute Gasteiger partial charge is 0.274 e. The van der Waals surface area contributed by atoms with E-state index in [0.717, 1.165) is 12.1 Å². The molecule has 0 spiro atoms. The summed E-state index contributed by atoms with van der Waals surface area (Å²) in [4.78, 5) is 39.2. The van der Waals surface area contributed by atoms with E-state index in [1.807, 2.05) is 0 Å². The maximum atomic E-state index is 14.0. The first-order chi connectivity index (χ1) is 14.3. The summed E-state index contributed by atoms with van der Waals surface area (Å²) in [6.07, 6.45) is 1.18. The lowest BCUT2D eigenvalue weighted by Gasteiger charge is -2.33. The zero-order valence-corrected chi connectivity index (χ0v) is 16.1. The second kappa shape index (κ2) is 7.52. The van der Waals surface area contributed by atoms with Crippen LogP contribution in [-0.2, 0) is 11.3 Å². The van der Waals surface area contributed by atoms with E-state index < -0.39 is 46.7 Å². The first kappa shape index (κ1) is 20.0. The maximum Gasteiger partial charge on any atom is 0.274 e. The van der Waals surface area contributed by atoms with Crippen molar-refractivity contribution in [1.29, 1.82) is 0 Å². The topological polar surface area (TPSA) is 101 Å². The average Bonchev–Trinajstić information content (AvgIpc) is 2.91. The van der Waals surface area contributed by atoms with Crippen molar-refractivity contribution in [3.63, 3.8) is 0 Å². The molecular formula is C20H19F2N3O5. The number of benzene rings is 1. The Balaban J connectivity index is 1.67. The molecule has 1 saturated heterocycles. The maximum absolute atomic E-state index is 14.0. The number of carbonyl (C=O) groups is 2. The van der Waals surface area contributed by atoms with Gasteiger partial charge >= 0.3 is 0 Å². The van der Waals surface area contributed by atoms with E-state index >= 15 is 0 Å². The molecule has 1 fully saturated rings. The molecule has 2 bridgehead atoms. The molecule has 4 rings (SSSR count). The number of carbonyl (C=O) groups excluding carboxylic acids is 2. The lowest BCUT2D eigenvalue weighted by molar-refractivity contribution is 0.0685. The zero-order valence-electron chi connectivity index (χ0n) is 16.1. The Hall–Kier alpha value is -3.27. The van der Waals surface area contributed by atoms with Gasteiger partial charge in [-0.3, -0.25) is 14.4 Å². The minimum Gasteiger partial charge on any atom is -0.503 e. The molecular weight excluding hydrogens is 400 g/mol. The van der Waals surface area contributed by atoms with Crippen LogP contribution in [0.3, 0.4) is 0 Å². The Kier molecular flexibility index (Phi) is 5.02. The van der Waals surface area contributed by atoms with Gasteiger partial charge in [0.2, 0.25) is 5.43 Å². The monoisotopic (exact) mass is 419 g/mol. The standard InChI is InChI=1S/C20H19F2N3O5/c1-10-4-14(21)12(15(22)5-10)6-23-19(28)13-8-25-11-7-24(2-3-30-9-11)20(29)16(25)18(27)17(13)26/h4-5,8,11,27H,2-3,6-7,9H2,1H3,(H,23,28)/t11-/m1/s1. The molecule has 0 unspecified atom stereocenters. The predicted octanol–water partition coefficient (Wildman–Crippen LogP) is 1.10. The molecule has 30 heavy (non-hydrogen) atoms. The van der Waals surface area contributed by atoms with Crippen molar-refractivity contribution in [2.24, 2.45) is 0 Å². The van der Waals surface area contributed by atoms with Crippen LogP contribution in [0.15, 0.2) is 23.1 Å². The molecule has 0 saturated carbocycles. The Morgan fingerprint density at radius 2 is 2.00 bits per heavy atom. The second-order valence-electron chi connectivity index (χ2n) is 7.35. The number of aromatic hydroxyl groups is 1. The number of nitrogens with one attached hydrogen (secondary N) is 1. The number of hydrogen-bond acceptors (Lipinski definition) is 5. The minimum atomic E-state index is -1.03. The van der Waals surface area contributed by atoms with Gasteiger partial charge in [-0.2, -0.15) is 0 Å². The van der Waals surface area contributed by atoms with Gasteiger partial charge < -0.3 is 24.6 Å². The van der Waals surface area contributed by atoms with Crippen LogP contribution >= 0.6 is 0 Å². The van der Waals surface area contributed by atoms with Crippen molar-refractivity contribution in [1.82, 2.24) is 14.8 Å². The van der Waals surface area contributed by atoms with Gasteiger partial charge in [-0.25, -0.2) is 8.78 Å². The van der Waals surface area contributed by atoms with Crippen molar-refractivity contribution in [3.05, 3.63) is 62.6 Å². The molecule has 3 heterocycles. The molecule has 2 aliphatic heterocycles. The number of aryl methyl sites for hydroxylation is 1. The number of nitrogens with zero attached hydrogens (tertiary/aromatic N) is 2. The first-order valence-corrected chi connectivity index (χ1v) is 9.35. The fraction of sp³-hybridized carbons (Fsp3) is 0.350. The Labute approximate surface area is 169 Å². The van der Waals surface area contributed by atoms with Crippen LogP contribution in [0.4, 0.5) is 8.78 Å². The number of amides is 2. The van der Waals surface area contributed by atoms with Crippen LogP contribution in [-0.4, -0.2) is 52.7 Å². The minimum absolute atomic E-state index is 0.200. The molecule has 2 amide bonds. The number of aromatic nitrogens is 1. The summed E-state index contributed by atoms with van der Waals surface area (Å²) in [5.74, 6) is -3.92. The normalized spacial score (nSPS) is 18.0. The summed E-state index contributed by atoms with van der Waals surface area (Å²) in [6.45, 7) is 2.25. The molecule has 1 atom stereocenters. The van der Waals surface area contributed by atoms with Gasteiger partial charge in [0.25, 0.3) is 11.8 Å². The molecule has 2 N–H and O–H groups in total. The number of halogens is 2. The lowest BCUT2D eigenvalue weighted by Crippen LogP contribution is -2.45. The van der Waals surface area contributed by atoms with Crippen LogP contribution < -0.4 is 10.7 Å². The number of hydrogen-bond donors (Lipinski definition) is 2. The highest BCUT2D eigenvalue weighted by molar-refractivity contribution is 5.99. The quantitative estimate of drug-likeness (QED) is 0.776. The van der Waals surface area contributed by atoms with Gasteiger partial charge in [0.05, 0.1) is 19.3 Å². The molecule has 0 aliphatic carbocycles. The number of rotatable bonds is 3. The highest BCUT2D eigenvalue weighted by atomic mass is 19.1. The van der Waals surface area contributed by atoms with Crippen LogP contribution in [0.2, 0.25) is 0 Å². The van der Waals surface area contributed by atoms with Crippen molar-refractivity contribution in [3.8, 4) is 5.75 Å². The van der Waals surface area contributed by atoms with E-state index in [-0.39, 0.29) is 23.9 Å². The highest BCUT2D eigenvalue weighted by Gasteiger charge is 2.36. The summed E-state index contributed by atoms with van der Waals surface area (Å²) in [6, 6.07) is 1.88. The molecule has 2 aliphatic rings. The van der Waals surface area contributed by atoms with Crippen LogP contribution in [0, 0.1) is 18.6 Å². The van der Waals surface area contributed by atoms with Gasteiger partial charge in [-0.05, 0) is 24.6 Å². The van der Waals surface area contributed by atoms with E-state index in [1.54, 1.807) is 0 Å². The fourth-order valence-corrected chi connectivity index (χ4v) is 3.74. The summed E-state index contributed by atoms with van der Waals surface area (Å²) in [5, 5.41) is 12.7. The van der Waals surface area contributed by atoms with E-state index in [2.05, 4.69) is 5.32 Å². The van der Waals surface area contributed by atoms with Crippen LogP contribution in [0.5, 0.6) is 5.75 Å². The van der Waals surface area contributed by atoms with Crippen molar-refractivity contribution < 1.29 is 28.2 Å². The third-order valence-corrected chi connectivity index (χ3v) is 5.30. The average molecular weight is 419 g/mol. The highest BCUT2D eigenvalue weighted by Crippen LogP contribution is 2.28. The first-order valence-electron chi connectivity index (χ1n) is 9.35. The van der Waals surface area contributed by atoms with E-state index in [9.17, 15) is 28.3 Å². The number of fused-ring (bicyclic) bond motifs is 4. The van der Waals surface area contributed by atoms with E-state index in [0.29, 0.717) is 25.3 Å². The molecule has 10 heteroatoms. The largest absolute Gasteiger partial charge is 0.503 e. The fourth-order valence-electron chi connectivity index (χ4n) is 3.74. The second-order valence-corrected chi connectivity index (χ2v) is 7.35. The van der Waals surface area contributed by atoms with Crippen molar-refractivity contribution in [2.45, 2.75) is 19.5 Å². The molecule has 8 nitrogen and oxygen atoms in total. The third-order valence-electron chi connectivity index (χ3n) is 5.30. The van der Waals surface area contributed by atoms with Gasteiger partial charge in [-0.15, -0.1) is 0 Å². The Bertz CT molecular complexity index is 1090. The lowest BCUT2D eigenvalue weighted by atomic mass is 10.1. The Morgan fingerprint density at radius 3 is 2.70 bits per heavy atom. The summed E-state index contributed by atoms with van der Waals surface area (Å²) in [7, 11) is 0. The Morgan fingerprint density at radius 1 is 1.30 bits per heavy atom. The molecule has 0 radical (unpaired) electrons. The molecule has 158 valence electrons. The van der Waals surface area contributed by atoms with Gasteiger partial charge in [0.15, 0.2) is 11.4 Å². The SMILES string of the molecule is Cc1cc(F)c(CNC(=O)c2cn3c(c(O)c2=O)C(=O)N2CCOC[C@H]3C2)c(F)c1. The van der Waals surface area contributed by atoms with Gasteiger partial charge in [0, 0.05) is 31.4 Å². The number of ether oxygens (including phenoxy) is 1.